The Labute approximate surface area is 198 Å². The number of piperazine rings is 1. The van der Waals surface area contributed by atoms with E-state index in [0.717, 1.165) is 6.07 Å². The van der Waals surface area contributed by atoms with Crippen molar-refractivity contribution in [1.82, 2.24) is 25.2 Å². The third kappa shape index (κ3) is 4.96. The number of hydrogen-bond acceptors (Lipinski definition) is 9. The van der Waals surface area contributed by atoms with E-state index >= 15 is 0 Å². The highest BCUT2D eigenvalue weighted by atomic mass is 32.1. The summed E-state index contributed by atoms with van der Waals surface area (Å²) in [5.41, 5.74) is 1.51. The molecule has 2 aromatic heterocycles. The number of thiocarbonyl (C=S) groups is 1. The van der Waals surface area contributed by atoms with Crippen LogP contribution >= 0.6 is 12.2 Å². The number of hydrogen-bond donors (Lipinski definition) is 1. The van der Waals surface area contributed by atoms with Crippen molar-refractivity contribution < 1.29 is 23.3 Å². The standard InChI is InChI=1S/C20H20FN7O5S/c1-32-20(34)22-11-13-12-27(24-23-13)14-2-3-16(15(21)10-14)25-6-8-26(9-7-25)19(29)17-4-5-18(33-17)28(30)31/h2-5,10,12H,6-9,11H2,1H3,(H,22,34). The van der Waals surface area contributed by atoms with Crippen molar-refractivity contribution >= 4 is 34.9 Å². The molecule has 1 saturated heterocycles. The van der Waals surface area contributed by atoms with Gasteiger partial charge in [-0.05, 0) is 30.4 Å². The van der Waals surface area contributed by atoms with Crippen molar-refractivity contribution in [1.29, 1.82) is 0 Å². The van der Waals surface area contributed by atoms with Crippen molar-refractivity contribution in [3.63, 3.8) is 0 Å². The van der Waals surface area contributed by atoms with Crippen LogP contribution in [0.2, 0.25) is 0 Å². The zero-order valence-electron chi connectivity index (χ0n) is 18.0. The predicted octanol–water partition coefficient (Wildman–Crippen LogP) is 1.89. The highest BCUT2D eigenvalue weighted by molar-refractivity contribution is 7.80. The third-order valence-electron chi connectivity index (χ3n) is 5.23. The first-order chi connectivity index (χ1) is 16.4. The van der Waals surface area contributed by atoms with Gasteiger partial charge in [-0.3, -0.25) is 14.9 Å². The fraction of sp³-hybridized carbons (Fsp3) is 0.300. The number of nitrogens with one attached hydrogen (secondary N) is 1. The lowest BCUT2D eigenvalue weighted by Crippen LogP contribution is -2.49. The highest BCUT2D eigenvalue weighted by Gasteiger charge is 2.27. The quantitative estimate of drug-likeness (QED) is 0.311. The largest absolute Gasteiger partial charge is 0.474 e. The molecule has 0 aliphatic carbocycles. The normalized spacial score (nSPS) is 13.6. The zero-order valence-corrected chi connectivity index (χ0v) is 18.8. The average molecular weight is 489 g/mol. The number of nitrogens with zero attached hydrogens (tertiary/aromatic N) is 6. The van der Waals surface area contributed by atoms with E-state index < -0.39 is 22.5 Å². The van der Waals surface area contributed by atoms with E-state index in [-0.39, 0.29) is 10.9 Å². The number of ether oxygens (including phenoxy) is 1. The first-order valence-electron chi connectivity index (χ1n) is 10.2. The van der Waals surface area contributed by atoms with Crippen LogP contribution < -0.4 is 10.2 Å². The molecule has 34 heavy (non-hydrogen) atoms. The molecule has 1 N–H and O–H groups in total. The molecule has 1 aliphatic rings. The lowest BCUT2D eigenvalue weighted by molar-refractivity contribution is -0.402. The summed E-state index contributed by atoms with van der Waals surface area (Å²) in [6.07, 6.45) is 1.66. The number of halogens is 1. The Morgan fingerprint density at radius 3 is 2.71 bits per heavy atom. The van der Waals surface area contributed by atoms with Crippen molar-refractivity contribution in [3.05, 3.63) is 63.9 Å². The smallest absolute Gasteiger partial charge is 0.433 e. The summed E-state index contributed by atoms with van der Waals surface area (Å²) in [6, 6.07) is 7.16. The number of aromatic nitrogens is 3. The van der Waals surface area contributed by atoms with Crippen LogP contribution in [0.15, 0.2) is 40.9 Å². The van der Waals surface area contributed by atoms with Gasteiger partial charge in [0, 0.05) is 32.2 Å². The zero-order chi connectivity index (χ0) is 24.2. The van der Waals surface area contributed by atoms with Gasteiger partial charge in [-0.1, -0.05) is 5.21 Å². The summed E-state index contributed by atoms with van der Waals surface area (Å²) in [5.74, 6) is -1.46. The molecule has 178 valence electrons. The van der Waals surface area contributed by atoms with Crippen LogP contribution in [0, 0.1) is 15.9 Å². The highest BCUT2D eigenvalue weighted by Crippen LogP contribution is 2.24. The molecule has 3 aromatic rings. The van der Waals surface area contributed by atoms with Crippen LogP contribution in [0.5, 0.6) is 0 Å². The van der Waals surface area contributed by atoms with Gasteiger partial charge < -0.3 is 24.3 Å². The number of nitro groups is 1. The molecule has 1 fully saturated rings. The van der Waals surface area contributed by atoms with Gasteiger partial charge in [0.05, 0.1) is 37.3 Å². The number of anilines is 1. The van der Waals surface area contributed by atoms with Gasteiger partial charge in [0.2, 0.25) is 0 Å². The second-order valence-corrected chi connectivity index (χ2v) is 7.68. The van der Waals surface area contributed by atoms with Crippen molar-refractivity contribution in [3.8, 4) is 5.69 Å². The Morgan fingerprint density at radius 1 is 1.29 bits per heavy atom. The van der Waals surface area contributed by atoms with Crippen LogP contribution in [0.1, 0.15) is 16.2 Å². The first-order valence-corrected chi connectivity index (χ1v) is 10.6. The van der Waals surface area contributed by atoms with Crippen molar-refractivity contribution in [2.24, 2.45) is 0 Å². The maximum Gasteiger partial charge on any atom is 0.433 e. The second-order valence-electron chi connectivity index (χ2n) is 7.31. The summed E-state index contributed by atoms with van der Waals surface area (Å²) >= 11 is 4.91. The third-order valence-corrected chi connectivity index (χ3v) is 5.54. The number of amides is 1. The summed E-state index contributed by atoms with van der Waals surface area (Å²) in [4.78, 5) is 25.9. The minimum absolute atomic E-state index is 0.0953. The summed E-state index contributed by atoms with van der Waals surface area (Å²) in [5, 5.41) is 21.9. The molecule has 3 heterocycles. The fourth-order valence-corrected chi connectivity index (χ4v) is 3.55. The molecule has 0 spiro atoms. The monoisotopic (exact) mass is 489 g/mol. The molecule has 12 nitrogen and oxygen atoms in total. The number of carbonyl (C=O) groups excluding carboxylic acids is 1. The van der Waals surface area contributed by atoms with E-state index in [1.165, 1.54) is 28.8 Å². The SMILES string of the molecule is COC(=S)NCc1cn(-c2ccc(N3CCN(C(=O)c4ccc([N+](=O)[O-])o4)CC3)c(F)c2)nn1. The Morgan fingerprint density at radius 2 is 2.06 bits per heavy atom. The van der Waals surface area contributed by atoms with Gasteiger partial charge in [-0.2, -0.15) is 0 Å². The van der Waals surface area contributed by atoms with E-state index in [0.29, 0.717) is 49.8 Å². The molecule has 0 radical (unpaired) electrons. The summed E-state index contributed by atoms with van der Waals surface area (Å²) in [6.45, 7) is 1.74. The number of methoxy groups -OCH3 is 1. The molecular formula is C20H20FN7O5S. The van der Waals surface area contributed by atoms with E-state index in [2.05, 4.69) is 15.6 Å². The second kappa shape index (κ2) is 9.82. The molecule has 0 atom stereocenters. The van der Waals surface area contributed by atoms with E-state index in [4.69, 9.17) is 21.4 Å². The molecule has 0 unspecified atom stereocenters. The van der Waals surface area contributed by atoms with E-state index in [1.54, 1.807) is 18.3 Å². The fourth-order valence-electron chi connectivity index (χ4n) is 3.48. The first kappa shape index (κ1) is 23.1. The van der Waals surface area contributed by atoms with Crippen LogP contribution in [0.4, 0.5) is 16.0 Å². The van der Waals surface area contributed by atoms with Crippen LogP contribution in [0.25, 0.3) is 5.69 Å². The Balaban J connectivity index is 1.37. The van der Waals surface area contributed by atoms with Crippen molar-refractivity contribution in [2.45, 2.75) is 6.54 Å². The Kier molecular flexibility index (Phi) is 6.67. The van der Waals surface area contributed by atoms with Crippen molar-refractivity contribution in [2.75, 3.05) is 38.2 Å². The number of rotatable bonds is 6. The number of furan rings is 1. The van der Waals surface area contributed by atoms with Crippen LogP contribution in [-0.2, 0) is 11.3 Å². The molecular weight excluding hydrogens is 469 g/mol. The Hall–Kier alpha value is -4.07. The van der Waals surface area contributed by atoms with Crippen LogP contribution in [0.3, 0.4) is 0 Å². The van der Waals surface area contributed by atoms with Gasteiger partial charge in [-0.15, -0.1) is 5.10 Å². The number of carbonyl (C=O) groups is 1. The van der Waals surface area contributed by atoms with Gasteiger partial charge in [0.1, 0.15) is 16.4 Å². The topological polar surface area (TPSA) is 132 Å². The number of benzene rings is 1. The molecule has 0 saturated carbocycles. The van der Waals surface area contributed by atoms with Crippen LogP contribution in [-0.4, -0.2) is 69.2 Å². The summed E-state index contributed by atoms with van der Waals surface area (Å²) < 4.78 is 26.2. The lowest BCUT2D eigenvalue weighted by atomic mass is 10.2. The van der Waals surface area contributed by atoms with Gasteiger partial charge in [0.15, 0.2) is 5.76 Å². The average Bonchev–Trinajstić information content (AvgIpc) is 3.52. The maximum atomic E-state index is 14.9. The summed E-state index contributed by atoms with van der Waals surface area (Å²) in [7, 11) is 1.46. The minimum atomic E-state index is -0.699. The minimum Gasteiger partial charge on any atom is -0.474 e. The molecule has 4 rings (SSSR count). The van der Waals surface area contributed by atoms with Gasteiger partial charge in [-0.25, -0.2) is 9.07 Å². The van der Waals surface area contributed by atoms with Gasteiger partial charge >= 0.3 is 5.88 Å². The molecule has 1 amide bonds. The van der Waals surface area contributed by atoms with Gasteiger partial charge in [0.25, 0.3) is 11.1 Å². The predicted molar refractivity (Wildman–Crippen MR) is 121 cm³/mol. The van der Waals surface area contributed by atoms with E-state index in [9.17, 15) is 19.3 Å². The molecule has 14 heteroatoms. The van der Waals surface area contributed by atoms with E-state index in [1.807, 2.05) is 4.90 Å². The molecule has 1 aliphatic heterocycles. The molecule has 0 bridgehead atoms. The molecule has 1 aromatic carbocycles. The maximum absolute atomic E-state index is 14.9. The Bertz CT molecular complexity index is 1220. The lowest BCUT2D eigenvalue weighted by Gasteiger charge is -2.35.